The molecule has 4 rings (SSSR count). The van der Waals surface area contributed by atoms with Gasteiger partial charge in [-0.3, -0.25) is 9.56 Å². The number of imidazole rings is 1. The third-order valence-electron chi connectivity index (χ3n) is 4.37. The predicted molar refractivity (Wildman–Crippen MR) is 112 cm³/mol. The van der Waals surface area contributed by atoms with Gasteiger partial charge in [-0.05, 0) is 39.0 Å². The van der Waals surface area contributed by atoms with Gasteiger partial charge in [0.2, 0.25) is 0 Å². The molecular formula is C22H20BrN3O2. The number of hydrogen-bond donors (Lipinski definition) is 0. The molecule has 0 spiro atoms. The first-order valence-corrected chi connectivity index (χ1v) is 9.82. The van der Waals surface area contributed by atoms with Gasteiger partial charge >= 0.3 is 5.97 Å². The van der Waals surface area contributed by atoms with Gasteiger partial charge < -0.3 is 4.74 Å². The summed E-state index contributed by atoms with van der Waals surface area (Å²) in [5.74, 6) is -0.432. The van der Waals surface area contributed by atoms with E-state index >= 15 is 0 Å². The second-order valence-corrected chi connectivity index (χ2v) is 8.52. The van der Waals surface area contributed by atoms with Crippen molar-refractivity contribution in [3.63, 3.8) is 0 Å². The molecule has 5 nitrogen and oxygen atoms in total. The molecule has 6 heteroatoms. The first kappa shape index (κ1) is 18.6. The van der Waals surface area contributed by atoms with Gasteiger partial charge in [-0.1, -0.05) is 46.3 Å². The van der Waals surface area contributed by atoms with Crippen molar-refractivity contribution >= 4 is 27.6 Å². The van der Waals surface area contributed by atoms with E-state index in [2.05, 4.69) is 20.9 Å². The molecule has 142 valence electrons. The molecule has 2 aromatic carbocycles. The largest absolute Gasteiger partial charge is 0.455 e. The highest BCUT2D eigenvalue weighted by atomic mass is 79.9. The zero-order valence-electron chi connectivity index (χ0n) is 15.9. The number of fused-ring (bicyclic) bond motifs is 3. The van der Waals surface area contributed by atoms with E-state index in [0.29, 0.717) is 12.2 Å². The molecule has 0 N–H and O–H groups in total. The molecule has 1 aliphatic rings. The van der Waals surface area contributed by atoms with Crippen LogP contribution in [-0.4, -0.2) is 26.8 Å². The molecule has 3 aromatic rings. The topological polar surface area (TPSA) is 56.5 Å². The van der Waals surface area contributed by atoms with E-state index in [1.165, 1.54) is 0 Å². The number of ether oxygens (including phenoxy) is 1. The number of esters is 1. The summed E-state index contributed by atoms with van der Waals surface area (Å²) in [5, 5.41) is 0. The Morgan fingerprint density at radius 1 is 1.14 bits per heavy atom. The van der Waals surface area contributed by atoms with Crippen molar-refractivity contribution in [1.82, 2.24) is 9.55 Å². The SMILES string of the molecule is CC(C)(C)OC(=O)c1ncn2c1CN=C(c1ccccc1)c1cc(Br)ccc1-2. The minimum atomic E-state index is -0.584. The molecule has 1 aliphatic heterocycles. The van der Waals surface area contributed by atoms with Crippen LogP contribution in [0, 0.1) is 0 Å². The summed E-state index contributed by atoms with van der Waals surface area (Å²) in [4.78, 5) is 21.9. The fourth-order valence-electron chi connectivity index (χ4n) is 3.22. The number of hydrogen-bond acceptors (Lipinski definition) is 4. The average Bonchev–Trinajstić information content (AvgIpc) is 2.99. The van der Waals surface area contributed by atoms with Gasteiger partial charge in [0.1, 0.15) is 11.9 Å². The van der Waals surface area contributed by atoms with Gasteiger partial charge in [0.05, 0.1) is 23.6 Å². The minimum Gasteiger partial charge on any atom is -0.455 e. The Bertz CT molecular complexity index is 1080. The van der Waals surface area contributed by atoms with Gasteiger partial charge in [0.15, 0.2) is 5.69 Å². The van der Waals surface area contributed by atoms with Crippen LogP contribution >= 0.6 is 15.9 Å². The fraction of sp³-hybridized carbons (Fsp3) is 0.227. The van der Waals surface area contributed by atoms with Crippen LogP contribution in [0.15, 0.2) is 64.3 Å². The molecule has 0 amide bonds. The van der Waals surface area contributed by atoms with Crippen molar-refractivity contribution in [2.45, 2.75) is 32.9 Å². The first-order valence-electron chi connectivity index (χ1n) is 9.03. The molecule has 0 aliphatic carbocycles. The molecular weight excluding hydrogens is 418 g/mol. The fourth-order valence-corrected chi connectivity index (χ4v) is 3.58. The van der Waals surface area contributed by atoms with E-state index in [9.17, 15) is 4.79 Å². The highest BCUT2D eigenvalue weighted by molar-refractivity contribution is 9.10. The van der Waals surface area contributed by atoms with E-state index in [1.807, 2.05) is 73.9 Å². The lowest BCUT2D eigenvalue weighted by molar-refractivity contribution is 0.00621. The molecule has 0 atom stereocenters. The molecule has 1 aromatic heterocycles. The van der Waals surface area contributed by atoms with Crippen LogP contribution in [0.1, 0.15) is 48.1 Å². The van der Waals surface area contributed by atoms with Crippen LogP contribution in [0.5, 0.6) is 0 Å². The number of carbonyl (C=O) groups is 1. The lowest BCUT2D eigenvalue weighted by Crippen LogP contribution is -2.24. The Labute approximate surface area is 172 Å². The Kier molecular flexibility index (Phi) is 4.67. The number of aliphatic imine (C=N–C) groups is 1. The van der Waals surface area contributed by atoms with E-state index in [1.54, 1.807) is 6.33 Å². The third-order valence-corrected chi connectivity index (χ3v) is 4.86. The number of halogens is 1. The number of rotatable bonds is 2. The lowest BCUT2D eigenvalue weighted by Gasteiger charge is -2.19. The molecule has 0 saturated heterocycles. The van der Waals surface area contributed by atoms with Crippen LogP contribution in [0.4, 0.5) is 0 Å². The van der Waals surface area contributed by atoms with E-state index in [0.717, 1.165) is 32.7 Å². The van der Waals surface area contributed by atoms with Gasteiger partial charge in [0.25, 0.3) is 0 Å². The van der Waals surface area contributed by atoms with Crippen molar-refractivity contribution in [3.8, 4) is 5.69 Å². The number of nitrogens with zero attached hydrogens (tertiary/aromatic N) is 3. The summed E-state index contributed by atoms with van der Waals surface area (Å²) < 4.78 is 8.43. The lowest BCUT2D eigenvalue weighted by atomic mass is 10.0. The highest BCUT2D eigenvalue weighted by Crippen LogP contribution is 2.29. The van der Waals surface area contributed by atoms with Crippen LogP contribution in [-0.2, 0) is 11.3 Å². The summed E-state index contributed by atoms with van der Waals surface area (Å²) in [6, 6.07) is 16.1. The summed E-state index contributed by atoms with van der Waals surface area (Å²) in [5.41, 5.74) is 4.27. The standard InChI is InChI=1S/C22H20BrN3O2/c1-22(2,3)28-21(27)20-18-12-24-19(14-7-5-4-6-8-14)16-11-15(23)9-10-17(16)26(18)13-25-20/h4-11,13H,12H2,1-3H3. The zero-order chi connectivity index (χ0) is 19.9. The van der Waals surface area contributed by atoms with Crippen LogP contribution < -0.4 is 0 Å². The molecule has 0 unspecified atom stereocenters. The van der Waals surface area contributed by atoms with E-state index in [4.69, 9.17) is 9.73 Å². The Morgan fingerprint density at radius 2 is 1.89 bits per heavy atom. The Morgan fingerprint density at radius 3 is 2.61 bits per heavy atom. The Balaban J connectivity index is 1.87. The average molecular weight is 438 g/mol. The van der Waals surface area contributed by atoms with Crippen molar-refractivity contribution in [2.75, 3.05) is 0 Å². The monoisotopic (exact) mass is 437 g/mol. The molecule has 0 fully saturated rings. The Hall–Kier alpha value is -2.73. The van der Waals surface area contributed by atoms with Crippen LogP contribution in [0.2, 0.25) is 0 Å². The predicted octanol–water partition coefficient (Wildman–Crippen LogP) is 4.94. The van der Waals surface area contributed by atoms with Crippen molar-refractivity contribution in [1.29, 1.82) is 0 Å². The quantitative estimate of drug-likeness (QED) is 0.533. The zero-order valence-corrected chi connectivity index (χ0v) is 17.5. The number of aromatic nitrogens is 2. The molecule has 0 saturated carbocycles. The maximum atomic E-state index is 12.7. The third kappa shape index (κ3) is 3.52. The van der Waals surface area contributed by atoms with Gasteiger partial charge in [-0.25, -0.2) is 9.78 Å². The summed E-state index contributed by atoms with van der Waals surface area (Å²) >= 11 is 3.56. The first-order chi connectivity index (χ1) is 13.3. The minimum absolute atomic E-state index is 0.307. The van der Waals surface area contributed by atoms with Gasteiger partial charge in [-0.15, -0.1) is 0 Å². The maximum Gasteiger partial charge on any atom is 0.359 e. The van der Waals surface area contributed by atoms with E-state index in [-0.39, 0.29) is 0 Å². The van der Waals surface area contributed by atoms with Crippen LogP contribution in [0.3, 0.4) is 0 Å². The van der Waals surface area contributed by atoms with Crippen molar-refractivity contribution < 1.29 is 9.53 Å². The number of benzene rings is 2. The normalized spacial score (nSPS) is 13.2. The molecule has 28 heavy (non-hydrogen) atoms. The summed E-state index contributed by atoms with van der Waals surface area (Å²) in [6.07, 6.45) is 1.67. The molecule has 0 bridgehead atoms. The maximum absolute atomic E-state index is 12.7. The van der Waals surface area contributed by atoms with Gasteiger partial charge in [0, 0.05) is 15.6 Å². The van der Waals surface area contributed by atoms with Crippen LogP contribution in [0.25, 0.3) is 5.69 Å². The highest BCUT2D eigenvalue weighted by Gasteiger charge is 2.27. The van der Waals surface area contributed by atoms with E-state index < -0.39 is 11.6 Å². The van der Waals surface area contributed by atoms with Gasteiger partial charge in [-0.2, -0.15) is 0 Å². The second kappa shape index (κ2) is 7.02. The van der Waals surface area contributed by atoms with Crippen molar-refractivity contribution in [3.05, 3.63) is 81.8 Å². The summed E-state index contributed by atoms with van der Waals surface area (Å²) in [6.45, 7) is 5.87. The second-order valence-electron chi connectivity index (χ2n) is 7.60. The number of carbonyl (C=O) groups excluding carboxylic acids is 1. The molecule has 2 heterocycles. The van der Waals surface area contributed by atoms with Crippen molar-refractivity contribution in [2.24, 2.45) is 4.99 Å². The smallest absolute Gasteiger partial charge is 0.359 e. The molecule has 0 radical (unpaired) electrons. The summed E-state index contributed by atoms with van der Waals surface area (Å²) in [7, 11) is 0.